The van der Waals surface area contributed by atoms with Crippen molar-refractivity contribution in [2.75, 3.05) is 11.5 Å². The smallest absolute Gasteiger partial charge is 0.309 e. The number of hydrogen-bond acceptors (Lipinski definition) is 4. The van der Waals surface area contributed by atoms with Gasteiger partial charge in [-0.05, 0) is 36.5 Å². The highest BCUT2D eigenvalue weighted by atomic mass is 32.2. The maximum Gasteiger partial charge on any atom is 0.309 e. The molecule has 4 nitrogen and oxygen atoms in total. The van der Waals surface area contributed by atoms with Crippen LogP contribution in [0.2, 0.25) is 0 Å². The molecule has 2 aliphatic rings. The number of carbonyl (C=O) groups excluding carboxylic acids is 1. The summed E-state index contributed by atoms with van der Waals surface area (Å²) in [6.45, 7) is 0. The lowest BCUT2D eigenvalue weighted by atomic mass is 10.1. The summed E-state index contributed by atoms with van der Waals surface area (Å²) in [5, 5.41) is 0. The monoisotopic (exact) mass is 298 g/mol. The molecule has 20 heavy (non-hydrogen) atoms. The van der Waals surface area contributed by atoms with Crippen molar-refractivity contribution in [2.24, 2.45) is 5.92 Å². The molecule has 6 heteroatoms. The van der Waals surface area contributed by atoms with Gasteiger partial charge in [-0.15, -0.1) is 0 Å². The summed E-state index contributed by atoms with van der Waals surface area (Å²) in [7, 11) is -3.04. The maximum absolute atomic E-state index is 12.8. The number of sulfone groups is 1. The molecule has 108 valence electrons. The van der Waals surface area contributed by atoms with Crippen molar-refractivity contribution in [3.8, 4) is 0 Å². The zero-order valence-corrected chi connectivity index (χ0v) is 11.6. The van der Waals surface area contributed by atoms with Crippen LogP contribution in [-0.4, -0.2) is 32.0 Å². The van der Waals surface area contributed by atoms with Crippen LogP contribution in [0.3, 0.4) is 0 Å². The fraction of sp³-hybridized carbons (Fsp3) is 0.500. The Hall–Kier alpha value is -1.43. The van der Waals surface area contributed by atoms with Gasteiger partial charge in [0, 0.05) is 0 Å². The Labute approximate surface area is 116 Å². The van der Waals surface area contributed by atoms with Crippen LogP contribution in [0, 0.1) is 11.7 Å². The molecule has 1 heterocycles. The predicted molar refractivity (Wildman–Crippen MR) is 70.4 cm³/mol. The van der Waals surface area contributed by atoms with Crippen molar-refractivity contribution < 1.29 is 22.3 Å². The van der Waals surface area contributed by atoms with Crippen molar-refractivity contribution in [1.29, 1.82) is 0 Å². The van der Waals surface area contributed by atoms with Gasteiger partial charge in [-0.2, -0.15) is 0 Å². The van der Waals surface area contributed by atoms with Gasteiger partial charge < -0.3 is 4.74 Å². The van der Waals surface area contributed by atoms with E-state index in [4.69, 9.17) is 4.74 Å². The van der Waals surface area contributed by atoms with E-state index in [1.807, 2.05) is 0 Å². The number of esters is 1. The normalized spacial score (nSPS) is 30.9. The van der Waals surface area contributed by atoms with Gasteiger partial charge in [-0.1, -0.05) is 12.1 Å². The Morgan fingerprint density at radius 2 is 1.95 bits per heavy atom. The minimum Gasteiger partial charge on any atom is -0.461 e. The zero-order chi connectivity index (χ0) is 14.3. The van der Waals surface area contributed by atoms with E-state index in [1.165, 1.54) is 12.1 Å². The van der Waals surface area contributed by atoms with Gasteiger partial charge in [0.05, 0.1) is 17.4 Å². The quantitative estimate of drug-likeness (QED) is 0.796. The van der Waals surface area contributed by atoms with E-state index in [0.29, 0.717) is 12.8 Å². The fourth-order valence-electron chi connectivity index (χ4n) is 2.64. The molecule has 1 aliphatic heterocycles. The minimum atomic E-state index is -3.04. The maximum atomic E-state index is 12.8. The number of halogens is 1. The highest BCUT2D eigenvalue weighted by Gasteiger charge is 2.46. The van der Waals surface area contributed by atoms with Crippen molar-refractivity contribution in [2.45, 2.75) is 24.9 Å². The number of hydrogen-bond donors (Lipinski definition) is 0. The van der Waals surface area contributed by atoms with E-state index in [0.717, 1.165) is 5.56 Å². The fourth-order valence-corrected chi connectivity index (χ4v) is 4.23. The van der Waals surface area contributed by atoms with E-state index >= 15 is 0 Å². The SMILES string of the molecule is O=C(O[C@@H]1CCS(=O)(=O)C1)[C@H]1C[C@@H]1c1ccc(F)cc1. The lowest BCUT2D eigenvalue weighted by molar-refractivity contribution is -0.149. The molecule has 3 atom stereocenters. The second kappa shape index (κ2) is 4.84. The highest BCUT2D eigenvalue weighted by molar-refractivity contribution is 7.91. The number of benzene rings is 1. The summed E-state index contributed by atoms with van der Waals surface area (Å²) in [5.41, 5.74) is 0.924. The predicted octanol–water partition coefficient (Wildman–Crippen LogP) is 1.66. The third-order valence-corrected chi connectivity index (χ3v) is 5.60. The second-order valence-corrected chi connectivity index (χ2v) is 7.69. The molecule has 0 unspecified atom stereocenters. The first-order chi connectivity index (χ1) is 9.44. The first-order valence-corrected chi connectivity index (χ1v) is 8.43. The summed E-state index contributed by atoms with van der Waals surface area (Å²) in [5.74, 6) is -0.750. The summed E-state index contributed by atoms with van der Waals surface area (Å²) in [4.78, 5) is 11.9. The van der Waals surface area contributed by atoms with Crippen LogP contribution in [0.4, 0.5) is 4.39 Å². The number of rotatable bonds is 3. The molecule has 0 radical (unpaired) electrons. The molecule has 1 saturated carbocycles. The Morgan fingerprint density at radius 3 is 2.55 bits per heavy atom. The molecule has 1 aliphatic carbocycles. The Morgan fingerprint density at radius 1 is 1.25 bits per heavy atom. The average Bonchev–Trinajstić information content (AvgIpc) is 3.10. The Bertz CT molecular complexity index is 623. The molecular weight excluding hydrogens is 283 g/mol. The van der Waals surface area contributed by atoms with Gasteiger partial charge in [0.15, 0.2) is 9.84 Å². The van der Waals surface area contributed by atoms with Crippen LogP contribution in [0.15, 0.2) is 24.3 Å². The summed E-state index contributed by atoms with van der Waals surface area (Å²) in [6.07, 6.45) is 0.577. The molecule has 1 aromatic rings. The van der Waals surface area contributed by atoms with E-state index in [2.05, 4.69) is 0 Å². The largest absolute Gasteiger partial charge is 0.461 e. The first kappa shape index (κ1) is 13.5. The summed E-state index contributed by atoms with van der Waals surface area (Å²) in [6, 6.07) is 6.10. The summed E-state index contributed by atoms with van der Waals surface area (Å²) < 4.78 is 40.7. The molecule has 0 bridgehead atoms. The molecule has 3 rings (SSSR count). The first-order valence-electron chi connectivity index (χ1n) is 6.61. The van der Waals surface area contributed by atoms with Crippen LogP contribution in [0.1, 0.15) is 24.3 Å². The van der Waals surface area contributed by atoms with Crippen LogP contribution in [-0.2, 0) is 19.4 Å². The lowest BCUT2D eigenvalue weighted by Crippen LogP contribution is -2.20. The third kappa shape index (κ3) is 2.85. The van der Waals surface area contributed by atoms with E-state index in [9.17, 15) is 17.6 Å². The topological polar surface area (TPSA) is 60.4 Å². The van der Waals surface area contributed by atoms with Crippen molar-refractivity contribution in [1.82, 2.24) is 0 Å². The molecule has 0 N–H and O–H groups in total. The zero-order valence-electron chi connectivity index (χ0n) is 10.8. The van der Waals surface area contributed by atoms with Crippen LogP contribution in [0.5, 0.6) is 0 Å². The van der Waals surface area contributed by atoms with Gasteiger partial charge in [0.2, 0.25) is 0 Å². The standard InChI is InChI=1S/C14H15FO4S/c15-10-3-1-9(2-4-10)12-7-13(12)14(16)19-11-5-6-20(17,18)8-11/h1-4,11-13H,5-8H2/t11-,12-,13+/m1/s1. The van der Waals surface area contributed by atoms with Crippen LogP contribution >= 0.6 is 0 Å². The van der Waals surface area contributed by atoms with Crippen LogP contribution in [0.25, 0.3) is 0 Å². The van der Waals surface area contributed by atoms with Crippen molar-refractivity contribution >= 4 is 15.8 Å². The molecular formula is C14H15FO4S. The third-order valence-electron chi connectivity index (χ3n) is 3.86. The molecule has 0 spiro atoms. The number of carbonyl (C=O) groups is 1. The Balaban J connectivity index is 1.57. The lowest BCUT2D eigenvalue weighted by Gasteiger charge is -2.10. The molecule has 0 aromatic heterocycles. The summed E-state index contributed by atoms with van der Waals surface area (Å²) >= 11 is 0. The van der Waals surface area contributed by atoms with Crippen molar-refractivity contribution in [3.63, 3.8) is 0 Å². The molecule has 1 aromatic carbocycles. The van der Waals surface area contributed by atoms with Gasteiger partial charge in [-0.3, -0.25) is 4.79 Å². The van der Waals surface area contributed by atoms with E-state index in [-0.39, 0.29) is 35.1 Å². The minimum absolute atomic E-state index is 0.0628. The van der Waals surface area contributed by atoms with Gasteiger partial charge >= 0.3 is 5.97 Å². The highest BCUT2D eigenvalue weighted by Crippen LogP contribution is 2.48. The average molecular weight is 298 g/mol. The molecule has 2 fully saturated rings. The molecule has 0 amide bonds. The number of ether oxygens (including phenoxy) is 1. The van der Waals surface area contributed by atoms with E-state index < -0.39 is 15.9 Å². The van der Waals surface area contributed by atoms with Crippen LogP contribution < -0.4 is 0 Å². The van der Waals surface area contributed by atoms with Gasteiger partial charge in [-0.25, -0.2) is 12.8 Å². The van der Waals surface area contributed by atoms with Gasteiger partial charge in [0.1, 0.15) is 11.9 Å². The second-order valence-electron chi connectivity index (χ2n) is 5.46. The van der Waals surface area contributed by atoms with Gasteiger partial charge in [0.25, 0.3) is 0 Å². The van der Waals surface area contributed by atoms with Crippen molar-refractivity contribution in [3.05, 3.63) is 35.6 Å². The van der Waals surface area contributed by atoms with E-state index in [1.54, 1.807) is 12.1 Å². The Kier molecular flexibility index (Phi) is 3.28. The molecule has 1 saturated heterocycles.